The molecule has 4 nitrogen and oxygen atoms in total. The summed E-state index contributed by atoms with van der Waals surface area (Å²) in [6.07, 6.45) is 1.82. The molecule has 17 heavy (non-hydrogen) atoms. The third kappa shape index (κ3) is 4.87. The predicted octanol–water partition coefficient (Wildman–Crippen LogP) is 2.58. The summed E-state index contributed by atoms with van der Waals surface area (Å²) in [6, 6.07) is 1.79. The molecule has 1 aromatic heterocycles. The van der Waals surface area contributed by atoms with E-state index in [1.54, 1.807) is 11.4 Å². The number of carbonyl (C=O) groups is 2. The Bertz CT molecular complexity index is 392. The van der Waals surface area contributed by atoms with Gasteiger partial charge in [0.1, 0.15) is 11.4 Å². The molecular formula is C11H14BrNO3S. The van der Waals surface area contributed by atoms with Gasteiger partial charge in [0.2, 0.25) is 0 Å². The molecule has 0 atom stereocenters. The van der Waals surface area contributed by atoms with Crippen LogP contribution >= 0.6 is 27.3 Å². The lowest BCUT2D eigenvalue weighted by Gasteiger charge is -2.05. The maximum atomic E-state index is 11.6. The van der Waals surface area contributed by atoms with Crippen molar-refractivity contribution in [3.63, 3.8) is 0 Å². The van der Waals surface area contributed by atoms with Crippen LogP contribution in [0.3, 0.4) is 0 Å². The summed E-state index contributed by atoms with van der Waals surface area (Å²) in [5, 5.41) is 4.32. The van der Waals surface area contributed by atoms with Crippen molar-refractivity contribution in [1.82, 2.24) is 5.32 Å². The molecule has 0 aliphatic carbocycles. The van der Waals surface area contributed by atoms with Crippen molar-refractivity contribution < 1.29 is 14.3 Å². The molecule has 1 heterocycles. The van der Waals surface area contributed by atoms with Crippen LogP contribution in [0.5, 0.6) is 0 Å². The Hall–Kier alpha value is -0.880. The number of nitrogens with one attached hydrogen (secondary N) is 1. The van der Waals surface area contributed by atoms with Gasteiger partial charge in [-0.25, -0.2) is 0 Å². The molecule has 6 heteroatoms. The highest BCUT2D eigenvalue weighted by atomic mass is 79.9. The van der Waals surface area contributed by atoms with Gasteiger partial charge < -0.3 is 10.1 Å². The Kier molecular flexibility index (Phi) is 6.21. The van der Waals surface area contributed by atoms with Gasteiger partial charge in [-0.15, -0.1) is 11.3 Å². The second-order valence-electron chi connectivity index (χ2n) is 3.35. The van der Waals surface area contributed by atoms with Gasteiger partial charge in [0.05, 0.1) is 6.61 Å². The van der Waals surface area contributed by atoms with E-state index in [9.17, 15) is 9.59 Å². The summed E-state index contributed by atoms with van der Waals surface area (Å²) in [5.41, 5.74) is 0. The summed E-state index contributed by atoms with van der Waals surface area (Å²) in [5.74, 6) is -0.668. The van der Waals surface area contributed by atoms with Crippen molar-refractivity contribution in [2.75, 3.05) is 13.2 Å². The lowest BCUT2D eigenvalue weighted by atomic mass is 10.4. The minimum Gasteiger partial charge on any atom is -0.464 e. The van der Waals surface area contributed by atoms with Gasteiger partial charge in [0, 0.05) is 4.47 Å². The first kappa shape index (κ1) is 14.2. The van der Waals surface area contributed by atoms with E-state index in [0.29, 0.717) is 11.5 Å². The summed E-state index contributed by atoms with van der Waals surface area (Å²) >= 11 is 4.58. The third-order valence-corrected chi connectivity index (χ3v) is 3.81. The Morgan fingerprint density at radius 2 is 2.29 bits per heavy atom. The van der Waals surface area contributed by atoms with Crippen molar-refractivity contribution >= 4 is 39.1 Å². The summed E-state index contributed by atoms with van der Waals surface area (Å²) in [7, 11) is 0. The van der Waals surface area contributed by atoms with Crippen molar-refractivity contribution in [2.45, 2.75) is 19.8 Å². The molecule has 0 saturated heterocycles. The molecule has 0 aliphatic heterocycles. The van der Waals surface area contributed by atoms with E-state index in [1.807, 2.05) is 6.92 Å². The largest absolute Gasteiger partial charge is 0.464 e. The fourth-order valence-corrected chi connectivity index (χ4v) is 2.54. The number of amides is 1. The van der Waals surface area contributed by atoms with Crippen LogP contribution in [0.4, 0.5) is 0 Å². The van der Waals surface area contributed by atoms with Gasteiger partial charge in [0.25, 0.3) is 5.91 Å². The van der Waals surface area contributed by atoms with Gasteiger partial charge in [-0.3, -0.25) is 9.59 Å². The Morgan fingerprint density at radius 3 is 2.88 bits per heavy atom. The van der Waals surface area contributed by atoms with Crippen molar-refractivity contribution in [3.05, 3.63) is 20.8 Å². The third-order valence-electron chi connectivity index (χ3n) is 1.98. The van der Waals surface area contributed by atoms with E-state index < -0.39 is 5.97 Å². The standard InChI is InChI=1S/C11H14BrNO3S/c1-2-3-5-16-9(14)7-13-11(15)10-8(12)4-6-17-10/h4,6H,2-3,5,7H2,1H3,(H,13,15). The molecule has 0 saturated carbocycles. The number of thiophene rings is 1. The van der Waals surface area contributed by atoms with Gasteiger partial charge in [0.15, 0.2) is 0 Å². The number of rotatable bonds is 6. The molecule has 0 bridgehead atoms. The van der Waals surface area contributed by atoms with E-state index in [0.717, 1.165) is 17.3 Å². The minimum atomic E-state index is -0.403. The van der Waals surface area contributed by atoms with E-state index in [4.69, 9.17) is 4.74 Å². The van der Waals surface area contributed by atoms with Crippen LogP contribution in [0, 0.1) is 0 Å². The van der Waals surface area contributed by atoms with E-state index >= 15 is 0 Å². The number of hydrogen-bond acceptors (Lipinski definition) is 4. The van der Waals surface area contributed by atoms with Crippen LogP contribution in [-0.2, 0) is 9.53 Å². The normalized spacial score (nSPS) is 10.0. The summed E-state index contributed by atoms with van der Waals surface area (Å²) in [4.78, 5) is 23.4. The van der Waals surface area contributed by atoms with Gasteiger partial charge >= 0.3 is 5.97 Å². The first-order valence-electron chi connectivity index (χ1n) is 5.32. The van der Waals surface area contributed by atoms with Crippen molar-refractivity contribution in [3.8, 4) is 0 Å². The van der Waals surface area contributed by atoms with Crippen molar-refractivity contribution in [2.24, 2.45) is 0 Å². The number of hydrogen-bond donors (Lipinski definition) is 1. The lowest BCUT2D eigenvalue weighted by molar-refractivity contribution is -0.142. The average molecular weight is 320 g/mol. The molecule has 0 fully saturated rings. The Balaban J connectivity index is 2.29. The minimum absolute atomic E-state index is 0.0904. The number of carbonyl (C=O) groups excluding carboxylic acids is 2. The zero-order valence-electron chi connectivity index (χ0n) is 9.49. The van der Waals surface area contributed by atoms with Crippen molar-refractivity contribution in [1.29, 1.82) is 0 Å². The topological polar surface area (TPSA) is 55.4 Å². The fraction of sp³-hybridized carbons (Fsp3) is 0.455. The van der Waals surface area contributed by atoms with Crippen LogP contribution in [-0.4, -0.2) is 25.0 Å². The molecule has 1 amide bonds. The quantitative estimate of drug-likeness (QED) is 0.647. The maximum absolute atomic E-state index is 11.6. The van der Waals surface area contributed by atoms with Crippen LogP contribution < -0.4 is 5.32 Å². The van der Waals surface area contributed by atoms with E-state index in [1.165, 1.54) is 11.3 Å². The first-order chi connectivity index (χ1) is 8.15. The molecule has 1 rings (SSSR count). The number of unbranched alkanes of at least 4 members (excludes halogenated alkanes) is 1. The predicted molar refractivity (Wildman–Crippen MR) is 70.2 cm³/mol. The van der Waals surface area contributed by atoms with Crippen LogP contribution in [0.15, 0.2) is 15.9 Å². The number of esters is 1. The maximum Gasteiger partial charge on any atom is 0.325 e. The van der Waals surface area contributed by atoms with Crippen LogP contribution in [0.1, 0.15) is 29.4 Å². The average Bonchev–Trinajstić information content (AvgIpc) is 2.73. The second-order valence-corrected chi connectivity index (χ2v) is 5.12. The first-order valence-corrected chi connectivity index (χ1v) is 6.99. The highest BCUT2D eigenvalue weighted by Crippen LogP contribution is 2.22. The number of ether oxygens (including phenoxy) is 1. The second kappa shape index (κ2) is 7.45. The molecule has 1 N–H and O–H groups in total. The summed E-state index contributed by atoms with van der Waals surface area (Å²) < 4.78 is 5.65. The van der Waals surface area contributed by atoms with E-state index in [2.05, 4.69) is 21.2 Å². The highest BCUT2D eigenvalue weighted by molar-refractivity contribution is 9.10. The van der Waals surface area contributed by atoms with Gasteiger partial charge in [-0.2, -0.15) is 0 Å². The molecule has 1 aromatic rings. The monoisotopic (exact) mass is 319 g/mol. The van der Waals surface area contributed by atoms with E-state index in [-0.39, 0.29) is 12.5 Å². The van der Waals surface area contributed by atoms with Crippen LogP contribution in [0.2, 0.25) is 0 Å². The molecule has 0 radical (unpaired) electrons. The Morgan fingerprint density at radius 1 is 1.53 bits per heavy atom. The molecule has 0 spiro atoms. The summed E-state index contributed by atoms with van der Waals surface area (Å²) in [6.45, 7) is 2.34. The van der Waals surface area contributed by atoms with Gasteiger partial charge in [-0.1, -0.05) is 13.3 Å². The zero-order chi connectivity index (χ0) is 12.7. The SMILES string of the molecule is CCCCOC(=O)CNC(=O)c1sccc1Br. The highest BCUT2D eigenvalue weighted by Gasteiger charge is 2.12. The molecule has 0 aliphatic rings. The fourth-order valence-electron chi connectivity index (χ4n) is 1.07. The smallest absolute Gasteiger partial charge is 0.325 e. The molecule has 0 aromatic carbocycles. The van der Waals surface area contributed by atoms with Gasteiger partial charge in [-0.05, 0) is 33.8 Å². The number of halogens is 1. The molecule has 0 unspecified atom stereocenters. The zero-order valence-corrected chi connectivity index (χ0v) is 11.9. The van der Waals surface area contributed by atoms with Crippen LogP contribution in [0.25, 0.3) is 0 Å². The lowest BCUT2D eigenvalue weighted by Crippen LogP contribution is -2.30. The molecule has 94 valence electrons. The Labute approximate surface area is 112 Å². The molecular weight excluding hydrogens is 306 g/mol.